The van der Waals surface area contributed by atoms with Crippen LogP contribution in [0.4, 0.5) is 0 Å². The van der Waals surface area contributed by atoms with Gasteiger partial charge in [-0.2, -0.15) is 0 Å². The maximum atomic E-state index is 11.9. The Morgan fingerprint density at radius 2 is 2.00 bits per heavy atom. The fourth-order valence-electron chi connectivity index (χ4n) is 2.16. The number of fused-ring (bicyclic) bond motifs is 1. The molecule has 3 rings (SSSR count). The Morgan fingerprint density at radius 1 is 1.17 bits per heavy atom. The molecule has 1 amide bonds. The number of thioether (sulfide) groups is 1. The minimum Gasteiger partial charge on any atom is -0.454 e. The number of rotatable bonds is 6. The molecule has 23 heavy (non-hydrogen) atoms. The molecule has 1 aliphatic heterocycles. The summed E-state index contributed by atoms with van der Waals surface area (Å²) in [5, 5.41) is 3.63. The summed E-state index contributed by atoms with van der Waals surface area (Å²) in [6.07, 6.45) is 0.445. The van der Waals surface area contributed by atoms with E-state index in [0.717, 1.165) is 27.0 Å². The van der Waals surface area contributed by atoms with Crippen LogP contribution in [0.15, 0.2) is 47.4 Å². The highest BCUT2D eigenvalue weighted by atomic mass is 35.5. The second kappa shape index (κ2) is 7.62. The summed E-state index contributed by atoms with van der Waals surface area (Å²) < 4.78 is 10.6. The van der Waals surface area contributed by atoms with E-state index < -0.39 is 0 Å². The number of benzene rings is 2. The van der Waals surface area contributed by atoms with Gasteiger partial charge in [-0.1, -0.05) is 29.8 Å². The molecule has 0 aromatic heterocycles. The molecule has 2 aromatic rings. The van der Waals surface area contributed by atoms with Crippen molar-refractivity contribution in [2.75, 3.05) is 12.5 Å². The monoisotopic (exact) mass is 349 g/mol. The van der Waals surface area contributed by atoms with E-state index in [0.29, 0.717) is 18.7 Å². The van der Waals surface area contributed by atoms with Crippen LogP contribution in [0.5, 0.6) is 11.5 Å². The Morgan fingerprint density at radius 3 is 2.87 bits per heavy atom. The van der Waals surface area contributed by atoms with E-state index in [9.17, 15) is 4.79 Å². The van der Waals surface area contributed by atoms with Crippen molar-refractivity contribution in [3.8, 4) is 11.5 Å². The predicted octanol–water partition coefficient (Wildman–Crippen LogP) is 3.87. The molecule has 1 aliphatic rings. The largest absolute Gasteiger partial charge is 0.454 e. The lowest BCUT2D eigenvalue weighted by molar-refractivity contribution is -0.120. The molecule has 0 spiro atoms. The Balaban J connectivity index is 1.42. The third kappa shape index (κ3) is 4.33. The number of carbonyl (C=O) groups excluding carboxylic acids is 1. The molecule has 1 heterocycles. The van der Waals surface area contributed by atoms with Gasteiger partial charge in [-0.25, -0.2) is 0 Å². The second-order valence-electron chi connectivity index (χ2n) is 4.99. The highest BCUT2D eigenvalue weighted by Gasteiger charge is 2.13. The van der Waals surface area contributed by atoms with Crippen molar-refractivity contribution in [2.45, 2.75) is 17.9 Å². The first-order valence-corrected chi connectivity index (χ1v) is 8.61. The molecule has 0 aliphatic carbocycles. The average molecular weight is 350 g/mol. The van der Waals surface area contributed by atoms with E-state index in [2.05, 4.69) is 5.32 Å². The summed E-state index contributed by atoms with van der Waals surface area (Å²) in [6.45, 7) is 0.733. The molecule has 2 aromatic carbocycles. The minimum absolute atomic E-state index is 0.0159. The Kier molecular flexibility index (Phi) is 5.31. The molecule has 6 heteroatoms. The topological polar surface area (TPSA) is 47.6 Å². The molecule has 120 valence electrons. The number of ether oxygens (including phenoxy) is 2. The molecule has 0 bridgehead atoms. The number of hydrogen-bond acceptors (Lipinski definition) is 4. The Labute approximate surface area is 144 Å². The van der Waals surface area contributed by atoms with E-state index in [1.807, 2.05) is 42.5 Å². The van der Waals surface area contributed by atoms with E-state index in [4.69, 9.17) is 21.1 Å². The standard InChI is InChI=1S/C17H16ClNO3S/c18-13-3-1-2-4-16(13)23-8-7-17(20)19-10-12-5-6-14-15(9-12)22-11-21-14/h1-6,9H,7-8,10-11H2,(H,19,20). The zero-order valence-corrected chi connectivity index (χ0v) is 14.0. The third-order valence-electron chi connectivity index (χ3n) is 3.35. The zero-order chi connectivity index (χ0) is 16.1. The third-order valence-corrected chi connectivity index (χ3v) is 4.87. The molecule has 1 N–H and O–H groups in total. The van der Waals surface area contributed by atoms with Gasteiger partial charge < -0.3 is 14.8 Å². The number of halogens is 1. The van der Waals surface area contributed by atoms with Crippen molar-refractivity contribution in [1.29, 1.82) is 0 Å². The fourth-order valence-corrected chi connectivity index (χ4v) is 3.34. The molecule has 0 saturated heterocycles. The second-order valence-corrected chi connectivity index (χ2v) is 6.54. The van der Waals surface area contributed by atoms with Gasteiger partial charge >= 0.3 is 0 Å². The number of nitrogens with one attached hydrogen (secondary N) is 1. The number of amides is 1. The molecular weight excluding hydrogens is 334 g/mol. The van der Waals surface area contributed by atoms with Crippen molar-refractivity contribution in [1.82, 2.24) is 5.32 Å². The summed E-state index contributed by atoms with van der Waals surface area (Å²) in [7, 11) is 0. The van der Waals surface area contributed by atoms with Gasteiger partial charge in [-0.15, -0.1) is 11.8 Å². The van der Waals surface area contributed by atoms with Gasteiger partial charge in [0.15, 0.2) is 11.5 Å². The van der Waals surface area contributed by atoms with Crippen LogP contribution < -0.4 is 14.8 Å². The summed E-state index contributed by atoms with van der Waals surface area (Å²) in [4.78, 5) is 12.9. The summed E-state index contributed by atoms with van der Waals surface area (Å²) in [5.41, 5.74) is 0.987. The van der Waals surface area contributed by atoms with Gasteiger partial charge in [0.05, 0.1) is 5.02 Å². The quantitative estimate of drug-likeness (QED) is 0.804. The van der Waals surface area contributed by atoms with Gasteiger partial charge in [0, 0.05) is 23.6 Å². The summed E-state index contributed by atoms with van der Waals surface area (Å²) in [6, 6.07) is 13.3. The smallest absolute Gasteiger partial charge is 0.231 e. The Bertz CT molecular complexity index is 708. The van der Waals surface area contributed by atoms with Gasteiger partial charge in [0.1, 0.15) is 0 Å². The summed E-state index contributed by atoms with van der Waals surface area (Å²) in [5.74, 6) is 2.18. The SMILES string of the molecule is O=C(CCSc1ccccc1Cl)NCc1ccc2c(c1)OCO2. The van der Waals surface area contributed by atoms with E-state index >= 15 is 0 Å². The first-order chi connectivity index (χ1) is 11.2. The molecule has 0 atom stereocenters. The molecule has 4 nitrogen and oxygen atoms in total. The lowest BCUT2D eigenvalue weighted by Crippen LogP contribution is -2.22. The highest BCUT2D eigenvalue weighted by molar-refractivity contribution is 7.99. The van der Waals surface area contributed by atoms with Gasteiger partial charge in [0.25, 0.3) is 0 Å². The van der Waals surface area contributed by atoms with Crippen LogP contribution in [0.2, 0.25) is 5.02 Å². The maximum Gasteiger partial charge on any atom is 0.231 e. The predicted molar refractivity (Wildman–Crippen MR) is 91.2 cm³/mol. The van der Waals surface area contributed by atoms with Crippen molar-refractivity contribution >= 4 is 29.3 Å². The van der Waals surface area contributed by atoms with Crippen molar-refractivity contribution in [2.24, 2.45) is 0 Å². The van der Waals surface area contributed by atoms with Crippen LogP contribution in [-0.4, -0.2) is 18.5 Å². The zero-order valence-electron chi connectivity index (χ0n) is 12.4. The van der Waals surface area contributed by atoms with Crippen LogP contribution in [-0.2, 0) is 11.3 Å². The van der Waals surface area contributed by atoms with Crippen LogP contribution in [0, 0.1) is 0 Å². The minimum atomic E-state index is 0.0159. The molecule has 0 saturated carbocycles. The van der Waals surface area contributed by atoms with E-state index in [1.54, 1.807) is 11.8 Å². The fraction of sp³-hybridized carbons (Fsp3) is 0.235. The lowest BCUT2D eigenvalue weighted by atomic mass is 10.2. The van der Waals surface area contributed by atoms with Crippen LogP contribution in [0.1, 0.15) is 12.0 Å². The van der Waals surface area contributed by atoms with Crippen LogP contribution >= 0.6 is 23.4 Å². The van der Waals surface area contributed by atoms with Crippen LogP contribution in [0.3, 0.4) is 0 Å². The van der Waals surface area contributed by atoms with E-state index in [-0.39, 0.29) is 12.7 Å². The summed E-state index contributed by atoms with van der Waals surface area (Å²) >= 11 is 7.67. The first-order valence-electron chi connectivity index (χ1n) is 7.25. The highest BCUT2D eigenvalue weighted by Crippen LogP contribution is 2.32. The molecule has 0 fully saturated rings. The number of hydrogen-bond donors (Lipinski definition) is 1. The number of carbonyl (C=O) groups is 1. The Hall–Kier alpha value is -1.85. The van der Waals surface area contributed by atoms with Crippen molar-refractivity contribution < 1.29 is 14.3 Å². The average Bonchev–Trinajstić information content (AvgIpc) is 3.02. The molecule has 0 radical (unpaired) electrons. The van der Waals surface area contributed by atoms with Gasteiger partial charge in [-0.3, -0.25) is 4.79 Å². The normalized spacial score (nSPS) is 12.2. The maximum absolute atomic E-state index is 11.9. The van der Waals surface area contributed by atoms with Crippen molar-refractivity contribution in [3.05, 3.63) is 53.1 Å². The van der Waals surface area contributed by atoms with Crippen LogP contribution in [0.25, 0.3) is 0 Å². The lowest BCUT2D eigenvalue weighted by Gasteiger charge is -2.07. The van der Waals surface area contributed by atoms with Gasteiger partial charge in [0.2, 0.25) is 12.7 Å². The first kappa shape index (κ1) is 16.0. The molecule has 0 unspecified atom stereocenters. The van der Waals surface area contributed by atoms with Gasteiger partial charge in [-0.05, 0) is 29.8 Å². The van der Waals surface area contributed by atoms with Crippen molar-refractivity contribution in [3.63, 3.8) is 0 Å². The van der Waals surface area contributed by atoms with E-state index in [1.165, 1.54) is 0 Å². The molecular formula is C17H16ClNO3S.